The smallest absolute Gasteiger partial charge is 0.149 e. The fourth-order valence-corrected chi connectivity index (χ4v) is 2.92. The van der Waals surface area contributed by atoms with E-state index in [4.69, 9.17) is 28.9 Å². The highest BCUT2D eigenvalue weighted by molar-refractivity contribution is 6.42. The first-order valence-corrected chi connectivity index (χ1v) is 6.85. The van der Waals surface area contributed by atoms with Crippen molar-refractivity contribution in [2.24, 2.45) is 0 Å². The van der Waals surface area contributed by atoms with Crippen LogP contribution in [-0.2, 0) is 0 Å². The molecular formula is C15H9Cl2N3. The quantitative estimate of drug-likeness (QED) is 0.518. The molecule has 0 aliphatic carbocycles. The Morgan fingerprint density at radius 2 is 1.80 bits per heavy atom. The Morgan fingerprint density at radius 3 is 2.65 bits per heavy atom. The summed E-state index contributed by atoms with van der Waals surface area (Å²) in [6, 6.07) is 11.6. The van der Waals surface area contributed by atoms with Gasteiger partial charge in [-0.3, -0.25) is 0 Å². The van der Waals surface area contributed by atoms with Crippen molar-refractivity contribution >= 4 is 56.3 Å². The molecule has 0 radical (unpaired) electrons. The van der Waals surface area contributed by atoms with Gasteiger partial charge in [-0.25, -0.2) is 4.98 Å². The first kappa shape index (κ1) is 11.8. The molecule has 2 N–H and O–H groups in total. The highest BCUT2D eigenvalue weighted by Crippen LogP contribution is 2.32. The summed E-state index contributed by atoms with van der Waals surface area (Å²) in [6.45, 7) is 0. The summed E-state index contributed by atoms with van der Waals surface area (Å²) in [5.41, 5.74) is 8.62. The second-order valence-electron chi connectivity index (χ2n) is 4.69. The lowest BCUT2D eigenvalue weighted by molar-refractivity contribution is 1.24. The number of nitrogen functional groups attached to an aromatic ring is 1. The summed E-state index contributed by atoms with van der Waals surface area (Å²) < 4.78 is 2.02. The van der Waals surface area contributed by atoms with Crippen molar-refractivity contribution < 1.29 is 0 Å². The Morgan fingerprint density at radius 1 is 1.05 bits per heavy atom. The Labute approximate surface area is 124 Å². The zero-order chi connectivity index (χ0) is 13.9. The predicted octanol–water partition coefficient (Wildman–Crippen LogP) is 4.53. The van der Waals surface area contributed by atoms with Crippen molar-refractivity contribution in [1.29, 1.82) is 0 Å². The van der Waals surface area contributed by atoms with Crippen LogP contribution in [0.2, 0.25) is 10.0 Å². The lowest BCUT2D eigenvalue weighted by Gasteiger charge is -2.07. The second-order valence-corrected chi connectivity index (χ2v) is 5.50. The standard InChI is InChI=1S/C15H9Cl2N3/c16-10-5-12-13(6-11(10)17)20-7-8-3-1-2-4-9(8)14(20)15(18)19-12/h1-7H,(H2,18,19). The van der Waals surface area contributed by atoms with Gasteiger partial charge in [-0.2, -0.15) is 0 Å². The maximum atomic E-state index is 6.12. The van der Waals surface area contributed by atoms with Gasteiger partial charge in [0.05, 0.1) is 26.6 Å². The zero-order valence-electron chi connectivity index (χ0n) is 10.3. The molecule has 0 spiro atoms. The Balaban J connectivity index is 2.32. The van der Waals surface area contributed by atoms with E-state index >= 15 is 0 Å². The highest BCUT2D eigenvalue weighted by atomic mass is 35.5. The number of fused-ring (bicyclic) bond motifs is 5. The maximum Gasteiger partial charge on any atom is 0.149 e. The van der Waals surface area contributed by atoms with E-state index in [-0.39, 0.29) is 0 Å². The first-order chi connectivity index (χ1) is 9.65. The highest BCUT2D eigenvalue weighted by Gasteiger charge is 2.12. The molecule has 98 valence electrons. The molecule has 2 aromatic heterocycles. The van der Waals surface area contributed by atoms with E-state index in [1.165, 1.54) is 0 Å². The van der Waals surface area contributed by atoms with Crippen LogP contribution in [-0.4, -0.2) is 9.38 Å². The monoisotopic (exact) mass is 301 g/mol. The predicted molar refractivity (Wildman–Crippen MR) is 84.6 cm³/mol. The van der Waals surface area contributed by atoms with Gasteiger partial charge in [0.15, 0.2) is 0 Å². The van der Waals surface area contributed by atoms with Crippen molar-refractivity contribution in [2.45, 2.75) is 0 Å². The van der Waals surface area contributed by atoms with Crippen LogP contribution >= 0.6 is 23.2 Å². The van der Waals surface area contributed by atoms with E-state index in [9.17, 15) is 0 Å². The van der Waals surface area contributed by atoms with Gasteiger partial charge in [-0.05, 0) is 12.1 Å². The van der Waals surface area contributed by atoms with Crippen LogP contribution in [0.5, 0.6) is 0 Å². The van der Waals surface area contributed by atoms with E-state index < -0.39 is 0 Å². The third-order valence-electron chi connectivity index (χ3n) is 3.49. The van der Waals surface area contributed by atoms with E-state index in [1.54, 1.807) is 6.07 Å². The molecule has 4 aromatic rings. The minimum absolute atomic E-state index is 0.474. The molecule has 0 saturated heterocycles. The number of hydrogen-bond donors (Lipinski definition) is 1. The summed E-state index contributed by atoms with van der Waals surface area (Å²) in [4.78, 5) is 4.44. The molecule has 0 unspecified atom stereocenters. The SMILES string of the molecule is Nc1nc2cc(Cl)c(Cl)cc2n2cc3ccccc3c12. The van der Waals surface area contributed by atoms with Crippen molar-refractivity contribution in [3.05, 3.63) is 52.6 Å². The fourth-order valence-electron chi connectivity index (χ4n) is 2.60. The molecule has 0 fully saturated rings. The molecule has 20 heavy (non-hydrogen) atoms. The summed E-state index contributed by atoms with van der Waals surface area (Å²) >= 11 is 12.2. The summed E-state index contributed by atoms with van der Waals surface area (Å²) in [5, 5.41) is 3.16. The molecule has 0 aliphatic heterocycles. The Hall–Kier alpha value is -1.97. The Bertz CT molecular complexity index is 989. The van der Waals surface area contributed by atoms with Gasteiger partial charge in [-0.15, -0.1) is 0 Å². The second kappa shape index (κ2) is 4.01. The first-order valence-electron chi connectivity index (χ1n) is 6.09. The van der Waals surface area contributed by atoms with Crippen LogP contribution in [0.15, 0.2) is 42.6 Å². The van der Waals surface area contributed by atoms with Gasteiger partial charge in [-0.1, -0.05) is 47.5 Å². The number of aromatic nitrogens is 2. The summed E-state index contributed by atoms with van der Waals surface area (Å²) in [7, 11) is 0. The molecule has 2 heterocycles. The minimum Gasteiger partial charge on any atom is -0.382 e. The molecule has 5 heteroatoms. The van der Waals surface area contributed by atoms with Crippen LogP contribution in [0.3, 0.4) is 0 Å². The van der Waals surface area contributed by atoms with Crippen LogP contribution in [0.1, 0.15) is 0 Å². The van der Waals surface area contributed by atoms with Crippen LogP contribution in [0, 0.1) is 0 Å². The molecular weight excluding hydrogens is 293 g/mol. The third kappa shape index (κ3) is 1.51. The number of rotatable bonds is 0. The number of nitrogens with zero attached hydrogens (tertiary/aromatic N) is 2. The average Bonchev–Trinajstić information content (AvgIpc) is 2.81. The Kier molecular flexibility index (Phi) is 2.37. The number of anilines is 1. The lowest BCUT2D eigenvalue weighted by Crippen LogP contribution is -1.97. The maximum absolute atomic E-state index is 6.12. The molecule has 0 bridgehead atoms. The normalized spacial score (nSPS) is 11.7. The van der Waals surface area contributed by atoms with Gasteiger partial charge in [0.25, 0.3) is 0 Å². The van der Waals surface area contributed by atoms with E-state index in [2.05, 4.69) is 4.98 Å². The molecule has 0 atom stereocenters. The van der Waals surface area contributed by atoms with Crippen molar-refractivity contribution in [2.75, 3.05) is 5.73 Å². The molecule has 0 aliphatic rings. The number of nitrogens with two attached hydrogens (primary N) is 1. The number of benzene rings is 2. The van der Waals surface area contributed by atoms with E-state index in [0.717, 1.165) is 27.3 Å². The largest absolute Gasteiger partial charge is 0.382 e. The van der Waals surface area contributed by atoms with Crippen LogP contribution < -0.4 is 5.73 Å². The van der Waals surface area contributed by atoms with E-state index in [1.807, 2.05) is 40.9 Å². The third-order valence-corrected chi connectivity index (χ3v) is 4.21. The molecule has 0 amide bonds. The summed E-state index contributed by atoms with van der Waals surface area (Å²) in [5.74, 6) is 0.483. The molecule has 2 aromatic carbocycles. The molecule has 0 saturated carbocycles. The summed E-state index contributed by atoms with van der Waals surface area (Å²) in [6.07, 6.45) is 2.04. The molecule has 4 rings (SSSR count). The van der Waals surface area contributed by atoms with E-state index in [0.29, 0.717) is 15.9 Å². The number of halogens is 2. The van der Waals surface area contributed by atoms with Gasteiger partial charge < -0.3 is 10.1 Å². The van der Waals surface area contributed by atoms with Gasteiger partial charge in [0.1, 0.15) is 5.82 Å². The molecule has 3 nitrogen and oxygen atoms in total. The van der Waals surface area contributed by atoms with Crippen LogP contribution in [0.4, 0.5) is 5.82 Å². The fraction of sp³-hybridized carbons (Fsp3) is 0. The van der Waals surface area contributed by atoms with Crippen molar-refractivity contribution in [3.8, 4) is 0 Å². The topological polar surface area (TPSA) is 43.3 Å². The lowest BCUT2D eigenvalue weighted by atomic mass is 10.2. The van der Waals surface area contributed by atoms with Gasteiger partial charge >= 0.3 is 0 Å². The van der Waals surface area contributed by atoms with Crippen LogP contribution in [0.25, 0.3) is 27.3 Å². The van der Waals surface area contributed by atoms with Crippen molar-refractivity contribution in [1.82, 2.24) is 9.38 Å². The minimum atomic E-state index is 0.474. The zero-order valence-corrected chi connectivity index (χ0v) is 11.8. The van der Waals surface area contributed by atoms with Gasteiger partial charge in [0.2, 0.25) is 0 Å². The van der Waals surface area contributed by atoms with Crippen molar-refractivity contribution in [3.63, 3.8) is 0 Å². The average molecular weight is 302 g/mol. The number of hydrogen-bond acceptors (Lipinski definition) is 2. The van der Waals surface area contributed by atoms with Gasteiger partial charge in [0, 0.05) is 17.0 Å².